The lowest BCUT2D eigenvalue weighted by Crippen LogP contribution is -2.38. The summed E-state index contributed by atoms with van der Waals surface area (Å²) in [6, 6.07) is 10.2. The number of nitrogens with one attached hydrogen (secondary N) is 2. The zero-order valence-electron chi connectivity index (χ0n) is 15.9. The fraction of sp³-hybridized carbons (Fsp3) is 0.350. The lowest BCUT2D eigenvalue weighted by molar-refractivity contribution is 0.796. The lowest BCUT2D eigenvalue weighted by atomic mass is 10.2. The van der Waals surface area contributed by atoms with Gasteiger partial charge in [0.15, 0.2) is 5.96 Å². The second-order valence-electron chi connectivity index (χ2n) is 6.07. The number of aryl methyl sites for hydroxylation is 1. The van der Waals surface area contributed by atoms with Crippen LogP contribution in [0.4, 0.5) is 0 Å². The number of hydrogen-bond donors (Lipinski definition) is 2. The van der Waals surface area contributed by atoms with Gasteiger partial charge >= 0.3 is 0 Å². The number of guanidine groups is 1. The van der Waals surface area contributed by atoms with Gasteiger partial charge in [0, 0.05) is 43.0 Å². The molecule has 3 aromatic rings. The molecule has 0 fully saturated rings. The molecule has 142 valence electrons. The first-order chi connectivity index (χ1) is 13.3. The van der Waals surface area contributed by atoms with Gasteiger partial charge in [-0.25, -0.2) is 14.7 Å². The van der Waals surface area contributed by atoms with E-state index in [1.807, 2.05) is 35.3 Å². The molecule has 1 aromatic carbocycles. The summed E-state index contributed by atoms with van der Waals surface area (Å²) in [5.41, 5.74) is 2.19. The molecule has 7 heteroatoms. The van der Waals surface area contributed by atoms with E-state index in [9.17, 15) is 0 Å². The van der Waals surface area contributed by atoms with Crippen molar-refractivity contribution in [3.63, 3.8) is 0 Å². The minimum atomic E-state index is 0.613. The molecule has 0 aliphatic rings. The van der Waals surface area contributed by atoms with Crippen LogP contribution >= 0.6 is 11.3 Å². The summed E-state index contributed by atoms with van der Waals surface area (Å²) in [6.45, 7) is 6.49. The molecule has 6 nitrogen and oxygen atoms in total. The standard InChI is InChI=1S/C20H26N6S/c1-3-18-15-23-19(27-18)9-11-22-20(21-4-2)24-14-16-7-5-8-17(13-16)26-12-6-10-25-26/h5-8,10,12-13,15H,3-4,9,11,14H2,1-2H3,(H2,21,22,24). The molecule has 0 radical (unpaired) electrons. The van der Waals surface area contributed by atoms with Crippen molar-refractivity contribution in [3.05, 3.63) is 64.4 Å². The molecule has 0 spiro atoms. The number of hydrogen-bond acceptors (Lipinski definition) is 4. The van der Waals surface area contributed by atoms with E-state index in [1.54, 1.807) is 17.5 Å². The van der Waals surface area contributed by atoms with Crippen LogP contribution in [0.1, 0.15) is 29.3 Å². The minimum Gasteiger partial charge on any atom is -0.357 e. The van der Waals surface area contributed by atoms with E-state index in [-0.39, 0.29) is 0 Å². The average molecular weight is 383 g/mol. The first-order valence-corrected chi connectivity index (χ1v) is 10.1. The normalized spacial score (nSPS) is 11.6. The summed E-state index contributed by atoms with van der Waals surface area (Å²) in [5, 5.41) is 12.1. The Kier molecular flexibility index (Phi) is 6.98. The topological polar surface area (TPSA) is 67.1 Å². The number of rotatable bonds is 8. The van der Waals surface area contributed by atoms with E-state index in [1.165, 1.54) is 9.88 Å². The highest BCUT2D eigenvalue weighted by atomic mass is 32.1. The average Bonchev–Trinajstić information content (AvgIpc) is 3.38. The Morgan fingerprint density at radius 3 is 2.89 bits per heavy atom. The van der Waals surface area contributed by atoms with E-state index in [0.717, 1.165) is 43.1 Å². The van der Waals surface area contributed by atoms with Crippen molar-refractivity contribution in [2.45, 2.75) is 33.2 Å². The first kappa shape index (κ1) is 19.1. The number of benzene rings is 1. The molecule has 0 aliphatic carbocycles. The van der Waals surface area contributed by atoms with Gasteiger partial charge in [0.2, 0.25) is 0 Å². The highest BCUT2D eigenvalue weighted by Gasteiger charge is 2.03. The van der Waals surface area contributed by atoms with Crippen LogP contribution in [-0.2, 0) is 19.4 Å². The molecule has 2 heterocycles. The maximum atomic E-state index is 4.71. The van der Waals surface area contributed by atoms with Crippen molar-refractivity contribution in [2.75, 3.05) is 13.1 Å². The lowest BCUT2D eigenvalue weighted by Gasteiger charge is -2.11. The number of aromatic nitrogens is 3. The zero-order valence-corrected chi connectivity index (χ0v) is 16.7. The van der Waals surface area contributed by atoms with Crippen LogP contribution in [0.5, 0.6) is 0 Å². The second-order valence-corrected chi connectivity index (χ2v) is 7.27. The maximum Gasteiger partial charge on any atom is 0.191 e. The largest absolute Gasteiger partial charge is 0.357 e. The molecule has 0 amide bonds. The highest BCUT2D eigenvalue weighted by Crippen LogP contribution is 2.13. The molecular formula is C20H26N6S. The minimum absolute atomic E-state index is 0.613. The monoisotopic (exact) mass is 382 g/mol. The van der Waals surface area contributed by atoms with Gasteiger partial charge in [-0.05, 0) is 37.1 Å². The Hall–Kier alpha value is -2.67. The Morgan fingerprint density at radius 2 is 2.15 bits per heavy atom. The molecule has 0 atom stereocenters. The van der Waals surface area contributed by atoms with Crippen molar-refractivity contribution in [2.24, 2.45) is 4.99 Å². The summed E-state index contributed by atoms with van der Waals surface area (Å²) in [4.78, 5) is 10.5. The van der Waals surface area contributed by atoms with Crippen LogP contribution in [-0.4, -0.2) is 33.8 Å². The quantitative estimate of drug-likeness (QED) is 0.464. The molecule has 2 aromatic heterocycles. The summed E-state index contributed by atoms with van der Waals surface area (Å²) in [7, 11) is 0. The molecule has 0 unspecified atom stereocenters. The fourth-order valence-corrected chi connectivity index (χ4v) is 3.51. The number of nitrogens with zero attached hydrogens (tertiary/aromatic N) is 4. The molecular weight excluding hydrogens is 356 g/mol. The van der Waals surface area contributed by atoms with Gasteiger partial charge in [-0.15, -0.1) is 11.3 Å². The summed E-state index contributed by atoms with van der Waals surface area (Å²) in [6.07, 6.45) is 7.66. The zero-order chi connectivity index (χ0) is 18.9. The van der Waals surface area contributed by atoms with Crippen LogP contribution in [0.25, 0.3) is 5.69 Å². The van der Waals surface area contributed by atoms with E-state index in [2.05, 4.69) is 46.7 Å². The van der Waals surface area contributed by atoms with E-state index in [4.69, 9.17) is 4.99 Å². The second kappa shape index (κ2) is 9.87. The molecule has 27 heavy (non-hydrogen) atoms. The van der Waals surface area contributed by atoms with Crippen LogP contribution in [0.3, 0.4) is 0 Å². The predicted molar refractivity (Wildman–Crippen MR) is 112 cm³/mol. The third-order valence-corrected chi connectivity index (χ3v) is 5.23. The maximum absolute atomic E-state index is 4.71. The van der Waals surface area contributed by atoms with Gasteiger partial charge in [-0.1, -0.05) is 19.1 Å². The summed E-state index contributed by atoms with van der Waals surface area (Å²) >= 11 is 1.79. The Bertz CT molecular complexity index is 853. The predicted octanol–water partition coefficient (Wildman–Crippen LogP) is 3.19. The number of aliphatic imine (C=N–C) groups is 1. The fourth-order valence-electron chi connectivity index (χ4n) is 2.65. The first-order valence-electron chi connectivity index (χ1n) is 9.33. The molecule has 0 aliphatic heterocycles. The molecule has 3 rings (SSSR count). The highest BCUT2D eigenvalue weighted by molar-refractivity contribution is 7.11. The van der Waals surface area contributed by atoms with Gasteiger partial charge in [0.1, 0.15) is 0 Å². The van der Waals surface area contributed by atoms with Crippen molar-refractivity contribution < 1.29 is 0 Å². The number of thiazole rings is 1. The van der Waals surface area contributed by atoms with Crippen molar-refractivity contribution in [1.82, 2.24) is 25.4 Å². The third kappa shape index (κ3) is 5.65. The van der Waals surface area contributed by atoms with Gasteiger partial charge in [-0.3, -0.25) is 0 Å². The Morgan fingerprint density at radius 1 is 1.22 bits per heavy atom. The van der Waals surface area contributed by atoms with Gasteiger partial charge in [0.25, 0.3) is 0 Å². The van der Waals surface area contributed by atoms with E-state index in [0.29, 0.717) is 6.54 Å². The molecule has 0 bridgehead atoms. The van der Waals surface area contributed by atoms with Gasteiger partial charge in [0.05, 0.1) is 17.2 Å². The third-order valence-electron chi connectivity index (χ3n) is 4.02. The van der Waals surface area contributed by atoms with Crippen molar-refractivity contribution in [1.29, 1.82) is 0 Å². The Balaban J connectivity index is 1.57. The molecule has 0 saturated carbocycles. The smallest absolute Gasteiger partial charge is 0.191 e. The molecule has 0 saturated heterocycles. The van der Waals surface area contributed by atoms with Gasteiger partial charge in [-0.2, -0.15) is 5.10 Å². The van der Waals surface area contributed by atoms with Crippen LogP contribution in [0.15, 0.2) is 53.9 Å². The SMILES string of the molecule is CCNC(=NCc1cccc(-n2cccn2)c1)NCCc1ncc(CC)s1. The van der Waals surface area contributed by atoms with E-state index < -0.39 is 0 Å². The van der Waals surface area contributed by atoms with Crippen molar-refractivity contribution >= 4 is 17.3 Å². The van der Waals surface area contributed by atoms with Crippen LogP contribution in [0.2, 0.25) is 0 Å². The van der Waals surface area contributed by atoms with E-state index >= 15 is 0 Å². The Labute approximate surface area is 164 Å². The summed E-state index contributed by atoms with van der Waals surface area (Å²) in [5.74, 6) is 0.828. The summed E-state index contributed by atoms with van der Waals surface area (Å²) < 4.78 is 1.86. The molecule has 2 N–H and O–H groups in total. The van der Waals surface area contributed by atoms with Gasteiger partial charge < -0.3 is 10.6 Å². The van der Waals surface area contributed by atoms with Crippen LogP contribution < -0.4 is 10.6 Å². The van der Waals surface area contributed by atoms with Crippen molar-refractivity contribution in [3.8, 4) is 5.69 Å². The van der Waals surface area contributed by atoms with Crippen LogP contribution in [0, 0.1) is 0 Å².